The van der Waals surface area contributed by atoms with E-state index in [2.05, 4.69) is 0 Å². The molecule has 200 valence electrons. The summed E-state index contributed by atoms with van der Waals surface area (Å²) in [6.07, 6.45) is 0. The van der Waals surface area contributed by atoms with Crippen LogP contribution in [0.3, 0.4) is 0 Å². The van der Waals surface area contributed by atoms with Crippen LogP contribution in [0.2, 0.25) is 0 Å². The Hall–Kier alpha value is -3.55. The van der Waals surface area contributed by atoms with Crippen LogP contribution in [0.4, 0.5) is 0 Å². The molecule has 3 heterocycles. The predicted octanol–water partition coefficient (Wildman–Crippen LogP) is 3.95. The van der Waals surface area contributed by atoms with E-state index in [0.29, 0.717) is 33.9 Å². The summed E-state index contributed by atoms with van der Waals surface area (Å²) in [4.78, 5) is 0. The van der Waals surface area contributed by atoms with Gasteiger partial charge in [-0.3, -0.25) is 0 Å². The third kappa shape index (κ3) is 5.35. The van der Waals surface area contributed by atoms with Crippen LogP contribution in [0.25, 0.3) is 0 Å². The molecule has 0 spiro atoms. The second-order valence-corrected chi connectivity index (χ2v) is 10.3. The molecule has 3 N–H and O–H groups in total. The van der Waals surface area contributed by atoms with Gasteiger partial charge in [0.15, 0.2) is 20.2 Å². The molecule has 0 saturated carbocycles. The summed E-state index contributed by atoms with van der Waals surface area (Å²) in [7, 11) is -4.39. The van der Waals surface area contributed by atoms with E-state index in [-0.39, 0.29) is 57.1 Å². The smallest absolute Gasteiger partial charge is 0.476 e. The van der Waals surface area contributed by atoms with Crippen molar-refractivity contribution in [3.8, 4) is 34.5 Å². The molecule has 3 aliphatic rings. The molecule has 3 aromatic rings. The summed E-state index contributed by atoms with van der Waals surface area (Å²) in [6, 6.07) is 14.3. The van der Waals surface area contributed by atoms with Gasteiger partial charge in [-0.05, 0) is 54.6 Å². The van der Waals surface area contributed by atoms with E-state index in [4.69, 9.17) is 27.8 Å². The van der Waals surface area contributed by atoms with Crippen LogP contribution in [0, 0.1) is 0 Å². The van der Waals surface area contributed by atoms with Crippen molar-refractivity contribution < 1.29 is 48.0 Å². The van der Waals surface area contributed by atoms with Gasteiger partial charge in [-0.1, -0.05) is 0 Å². The molecule has 0 amide bonds. The minimum atomic E-state index is -4.39. The van der Waals surface area contributed by atoms with E-state index in [1.165, 1.54) is 0 Å². The zero-order valence-corrected chi connectivity index (χ0v) is 20.8. The summed E-state index contributed by atoms with van der Waals surface area (Å²) < 4.78 is 47.9. The number of hydrogen-bond donors (Lipinski definition) is 3. The van der Waals surface area contributed by atoms with Gasteiger partial charge in [-0.25, -0.2) is 0 Å². The molecule has 13 nitrogen and oxygen atoms in total. The van der Waals surface area contributed by atoms with E-state index in [1.807, 2.05) is 0 Å². The fraction of sp³-hybridized carbons (Fsp3) is 0.250. The number of hydroxylamine groups is 6. The summed E-state index contributed by atoms with van der Waals surface area (Å²) in [5, 5.41) is 32.4. The van der Waals surface area contributed by atoms with E-state index in [0.717, 1.165) is 15.2 Å². The molecule has 3 aromatic carbocycles. The molecule has 6 rings (SSSR count). The standard InChI is InChI=1S/C24H24N3O10P/c28-25-10-16-7-19(1-4-22(16)32-13-25)35-38(31,36-20-2-5-23-17(8-20)11-26(29)14-33-23)37-21-3-6-24-18(9-21)12-27(30)15-34-24/h1-9,28-30H,10-15H2. The quantitative estimate of drug-likeness (QED) is 0.385. The van der Waals surface area contributed by atoms with Crippen molar-refractivity contribution in [3.05, 3.63) is 71.3 Å². The second kappa shape index (κ2) is 9.97. The van der Waals surface area contributed by atoms with Crippen molar-refractivity contribution in [2.75, 3.05) is 20.2 Å². The molecule has 14 heteroatoms. The van der Waals surface area contributed by atoms with Crippen LogP contribution >= 0.6 is 7.82 Å². The Balaban J connectivity index is 1.31. The van der Waals surface area contributed by atoms with Gasteiger partial charge >= 0.3 is 7.82 Å². The number of hydrogen-bond acceptors (Lipinski definition) is 13. The molecule has 0 atom stereocenters. The van der Waals surface area contributed by atoms with E-state index >= 15 is 0 Å². The van der Waals surface area contributed by atoms with E-state index < -0.39 is 7.82 Å². The maximum absolute atomic E-state index is 14.1. The molecule has 0 saturated heterocycles. The van der Waals surface area contributed by atoms with Crippen LogP contribution < -0.4 is 27.8 Å². The first-order valence-electron chi connectivity index (χ1n) is 11.6. The molecular weight excluding hydrogens is 521 g/mol. The third-order valence-corrected chi connectivity index (χ3v) is 7.22. The van der Waals surface area contributed by atoms with Crippen molar-refractivity contribution in [3.63, 3.8) is 0 Å². The number of fused-ring (bicyclic) bond motifs is 3. The van der Waals surface area contributed by atoms with Gasteiger partial charge in [0.2, 0.25) is 0 Å². The Morgan fingerprint density at radius 1 is 0.579 bits per heavy atom. The lowest BCUT2D eigenvalue weighted by molar-refractivity contribution is -0.152. The summed E-state index contributed by atoms with van der Waals surface area (Å²) in [5.74, 6) is 2.17. The molecular formula is C24H24N3O10P. The number of rotatable bonds is 6. The Labute approximate surface area is 216 Å². The third-order valence-electron chi connectivity index (χ3n) is 5.91. The Kier molecular flexibility index (Phi) is 6.50. The van der Waals surface area contributed by atoms with Crippen LogP contribution in [0.15, 0.2) is 54.6 Å². The molecule has 0 aliphatic carbocycles. The largest absolute Gasteiger partial charge is 0.647 e. The van der Waals surface area contributed by atoms with Crippen LogP contribution in [-0.4, -0.2) is 51.0 Å². The highest BCUT2D eigenvalue weighted by Gasteiger charge is 2.35. The number of phosphoric ester groups is 1. The van der Waals surface area contributed by atoms with Gasteiger partial charge in [0.05, 0.1) is 19.6 Å². The molecule has 38 heavy (non-hydrogen) atoms. The van der Waals surface area contributed by atoms with Crippen molar-refractivity contribution in [2.24, 2.45) is 0 Å². The molecule has 3 aliphatic heterocycles. The number of phosphoric acid groups is 1. The highest BCUT2D eigenvalue weighted by molar-refractivity contribution is 7.49. The monoisotopic (exact) mass is 545 g/mol. The van der Waals surface area contributed by atoms with Gasteiger partial charge in [0.1, 0.15) is 34.5 Å². The normalized spacial score (nSPS) is 17.7. The Bertz CT molecular complexity index is 1240. The van der Waals surface area contributed by atoms with Crippen molar-refractivity contribution in [2.45, 2.75) is 19.6 Å². The number of benzene rings is 3. The second-order valence-electron chi connectivity index (χ2n) is 8.84. The Morgan fingerprint density at radius 2 is 0.895 bits per heavy atom. The predicted molar refractivity (Wildman–Crippen MR) is 127 cm³/mol. The van der Waals surface area contributed by atoms with Gasteiger partial charge in [-0.15, -0.1) is 0 Å². The number of nitrogens with zero attached hydrogens (tertiary/aromatic N) is 3. The number of ether oxygens (including phenoxy) is 3. The highest BCUT2D eigenvalue weighted by atomic mass is 31.2. The zero-order valence-electron chi connectivity index (χ0n) is 19.9. The average Bonchev–Trinajstić information content (AvgIpc) is 2.87. The molecule has 0 fully saturated rings. The molecule has 0 radical (unpaired) electrons. The molecule has 0 bridgehead atoms. The maximum atomic E-state index is 14.1. The average molecular weight is 545 g/mol. The first kappa shape index (κ1) is 24.8. The van der Waals surface area contributed by atoms with Gasteiger partial charge in [0, 0.05) is 16.7 Å². The van der Waals surface area contributed by atoms with E-state index in [9.17, 15) is 20.2 Å². The van der Waals surface area contributed by atoms with Crippen molar-refractivity contribution in [1.29, 1.82) is 0 Å². The lowest BCUT2D eigenvalue weighted by Crippen LogP contribution is -2.28. The fourth-order valence-corrected chi connectivity index (χ4v) is 5.46. The first-order chi connectivity index (χ1) is 18.3. The zero-order chi connectivity index (χ0) is 26.3. The summed E-state index contributed by atoms with van der Waals surface area (Å²) in [5.41, 5.74) is 1.85. The fourth-order valence-electron chi connectivity index (χ4n) is 4.23. The van der Waals surface area contributed by atoms with E-state index in [1.54, 1.807) is 54.6 Å². The van der Waals surface area contributed by atoms with Gasteiger partial charge in [-0.2, -0.15) is 19.8 Å². The van der Waals surface area contributed by atoms with Crippen LogP contribution in [-0.2, 0) is 24.2 Å². The molecule has 0 unspecified atom stereocenters. The van der Waals surface area contributed by atoms with Crippen molar-refractivity contribution >= 4 is 7.82 Å². The van der Waals surface area contributed by atoms with Crippen LogP contribution in [0.5, 0.6) is 34.5 Å². The topological polar surface area (TPSA) is 143 Å². The SMILES string of the molecule is O=P(Oc1ccc2c(c1)CN(O)CO2)(Oc1ccc2c(c1)CN(O)CO2)Oc1ccc2c(c1)CN(O)CO2. The summed E-state index contributed by atoms with van der Waals surface area (Å²) >= 11 is 0. The van der Waals surface area contributed by atoms with Gasteiger partial charge in [0.25, 0.3) is 0 Å². The first-order valence-corrected chi connectivity index (χ1v) is 13.1. The van der Waals surface area contributed by atoms with Crippen molar-refractivity contribution in [1.82, 2.24) is 15.2 Å². The maximum Gasteiger partial charge on any atom is 0.647 e. The highest BCUT2D eigenvalue weighted by Crippen LogP contribution is 2.51. The lowest BCUT2D eigenvalue weighted by atomic mass is 10.2. The summed E-state index contributed by atoms with van der Waals surface area (Å²) in [6.45, 7) is 0.631. The Morgan fingerprint density at radius 3 is 1.21 bits per heavy atom. The molecule has 0 aromatic heterocycles. The lowest BCUT2D eigenvalue weighted by Gasteiger charge is -2.26. The minimum Gasteiger partial charge on any atom is -0.476 e. The minimum absolute atomic E-state index is 0.0263. The van der Waals surface area contributed by atoms with Crippen LogP contribution in [0.1, 0.15) is 16.7 Å². The van der Waals surface area contributed by atoms with Gasteiger partial charge < -0.3 is 43.4 Å².